The number of hydrogen-bond acceptors (Lipinski definition) is 3. The van der Waals surface area contributed by atoms with E-state index in [-0.39, 0.29) is 18.4 Å². The zero-order valence-electron chi connectivity index (χ0n) is 11.2. The van der Waals surface area contributed by atoms with Gasteiger partial charge in [0.05, 0.1) is 13.0 Å². The first-order valence-corrected chi connectivity index (χ1v) is 6.93. The SMILES string of the molecule is O=C(O)CC1CCCN1C(=O)c1ccc2c(c1)CCO2. The van der Waals surface area contributed by atoms with E-state index in [9.17, 15) is 9.59 Å². The van der Waals surface area contributed by atoms with Crippen molar-refractivity contribution in [3.8, 4) is 5.75 Å². The van der Waals surface area contributed by atoms with Crippen LogP contribution in [0.15, 0.2) is 18.2 Å². The van der Waals surface area contributed by atoms with Gasteiger partial charge in [-0.1, -0.05) is 0 Å². The Balaban J connectivity index is 1.79. The second-order valence-corrected chi connectivity index (χ2v) is 5.31. The minimum atomic E-state index is -0.850. The standard InChI is InChI=1S/C15H17NO4/c17-14(18)9-12-2-1-6-16(12)15(19)11-3-4-13-10(8-11)5-7-20-13/h3-4,8,12H,1-2,5-7,9H2,(H,17,18). The number of benzene rings is 1. The van der Waals surface area contributed by atoms with Crippen LogP contribution in [0.25, 0.3) is 0 Å². The van der Waals surface area contributed by atoms with Crippen LogP contribution >= 0.6 is 0 Å². The summed E-state index contributed by atoms with van der Waals surface area (Å²) >= 11 is 0. The molecule has 0 spiro atoms. The molecule has 1 saturated heterocycles. The zero-order valence-corrected chi connectivity index (χ0v) is 11.2. The molecule has 0 aromatic heterocycles. The summed E-state index contributed by atoms with van der Waals surface area (Å²) in [7, 11) is 0. The summed E-state index contributed by atoms with van der Waals surface area (Å²) in [5.41, 5.74) is 1.69. The average Bonchev–Trinajstić information content (AvgIpc) is 3.04. The minimum absolute atomic E-state index is 0.0276. The van der Waals surface area contributed by atoms with Crippen molar-refractivity contribution < 1.29 is 19.4 Å². The van der Waals surface area contributed by atoms with Crippen LogP contribution in [0.1, 0.15) is 35.2 Å². The van der Waals surface area contributed by atoms with Crippen molar-refractivity contribution in [2.75, 3.05) is 13.2 Å². The van der Waals surface area contributed by atoms with Crippen LogP contribution in [0.3, 0.4) is 0 Å². The number of carboxylic acid groups (broad SMARTS) is 1. The number of hydrogen-bond donors (Lipinski definition) is 1. The molecule has 0 radical (unpaired) electrons. The molecular weight excluding hydrogens is 258 g/mol. The molecule has 1 fully saturated rings. The van der Waals surface area contributed by atoms with Gasteiger partial charge in [0.15, 0.2) is 0 Å². The Kier molecular flexibility index (Phi) is 3.34. The molecular formula is C15H17NO4. The molecule has 0 aliphatic carbocycles. The average molecular weight is 275 g/mol. The molecule has 0 saturated carbocycles. The molecule has 2 aliphatic heterocycles. The van der Waals surface area contributed by atoms with Gasteiger partial charge in [0.2, 0.25) is 0 Å². The van der Waals surface area contributed by atoms with Gasteiger partial charge in [0.25, 0.3) is 5.91 Å². The Labute approximate surface area is 117 Å². The number of carbonyl (C=O) groups is 2. The second kappa shape index (κ2) is 5.15. The van der Waals surface area contributed by atoms with Crippen LogP contribution in [0.4, 0.5) is 0 Å². The monoisotopic (exact) mass is 275 g/mol. The van der Waals surface area contributed by atoms with Crippen LogP contribution in [0.5, 0.6) is 5.75 Å². The second-order valence-electron chi connectivity index (χ2n) is 5.31. The molecule has 20 heavy (non-hydrogen) atoms. The first-order chi connectivity index (χ1) is 9.65. The van der Waals surface area contributed by atoms with Gasteiger partial charge in [-0.25, -0.2) is 0 Å². The lowest BCUT2D eigenvalue weighted by molar-refractivity contribution is -0.137. The highest BCUT2D eigenvalue weighted by molar-refractivity contribution is 5.95. The molecule has 1 N–H and O–H groups in total. The molecule has 1 aromatic carbocycles. The number of carboxylic acids is 1. The van der Waals surface area contributed by atoms with E-state index in [1.165, 1.54) is 0 Å². The number of aliphatic carboxylic acids is 1. The highest BCUT2D eigenvalue weighted by Crippen LogP contribution is 2.28. The predicted molar refractivity (Wildman–Crippen MR) is 72.0 cm³/mol. The number of fused-ring (bicyclic) bond motifs is 1. The van der Waals surface area contributed by atoms with Crippen LogP contribution in [-0.2, 0) is 11.2 Å². The van der Waals surface area contributed by atoms with Gasteiger partial charge in [0, 0.05) is 24.6 Å². The van der Waals surface area contributed by atoms with Crippen molar-refractivity contribution in [1.29, 1.82) is 0 Å². The van der Waals surface area contributed by atoms with Gasteiger partial charge < -0.3 is 14.7 Å². The molecule has 106 valence electrons. The number of rotatable bonds is 3. The summed E-state index contributed by atoms with van der Waals surface area (Å²) in [6.07, 6.45) is 2.50. The van der Waals surface area contributed by atoms with Gasteiger partial charge in [-0.3, -0.25) is 9.59 Å². The zero-order chi connectivity index (χ0) is 14.1. The van der Waals surface area contributed by atoms with E-state index in [0.717, 1.165) is 30.6 Å². The molecule has 2 heterocycles. The molecule has 1 aromatic rings. The lowest BCUT2D eigenvalue weighted by atomic mass is 10.1. The largest absolute Gasteiger partial charge is 0.493 e. The minimum Gasteiger partial charge on any atom is -0.493 e. The Morgan fingerprint density at radius 1 is 1.40 bits per heavy atom. The highest BCUT2D eigenvalue weighted by atomic mass is 16.5. The fraction of sp³-hybridized carbons (Fsp3) is 0.467. The molecule has 5 nitrogen and oxygen atoms in total. The maximum atomic E-state index is 12.5. The van der Waals surface area contributed by atoms with Gasteiger partial charge >= 0.3 is 5.97 Å². The summed E-state index contributed by atoms with van der Waals surface area (Å²) in [6.45, 7) is 1.31. The van der Waals surface area contributed by atoms with E-state index in [0.29, 0.717) is 18.7 Å². The molecule has 1 atom stereocenters. The molecule has 1 amide bonds. The summed E-state index contributed by atoms with van der Waals surface area (Å²) in [4.78, 5) is 25.1. The lowest BCUT2D eigenvalue weighted by Gasteiger charge is -2.23. The predicted octanol–water partition coefficient (Wildman–Crippen LogP) is 1.70. The van der Waals surface area contributed by atoms with Crippen molar-refractivity contribution in [3.63, 3.8) is 0 Å². The molecule has 0 bridgehead atoms. The maximum Gasteiger partial charge on any atom is 0.305 e. The van der Waals surface area contributed by atoms with Gasteiger partial charge in [0.1, 0.15) is 5.75 Å². The van der Waals surface area contributed by atoms with E-state index < -0.39 is 5.97 Å². The molecule has 1 unspecified atom stereocenters. The highest BCUT2D eigenvalue weighted by Gasteiger charge is 2.31. The van der Waals surface area contributed by atoms with Crippen molar-refractivity contribution in [2.45, 2.75) is 31.7 Å². The Morgan fingerprint density at radius 2 is 2.25 bits per heavy atom. The molecule has 2 aliphatic rings. The lowest BCUT2D eigenvalue weighted by Crippen LogP contribution is -2.36. The van der Waals surface area contributed by atoms with E-state index in [1.54, 1.807) is 11.0 Å². The van der Waals surface area contributed by atoms with E-state index in [4.69, 9.17) is 9.84 Å². The van der Waals surface area contributed by atoms with Crippen molar-refractivity contribution in [2.24, 2.45) is 0 Å². The Morgan fingerprint density at radius 3 is 3.05 bits per heavy atom. The third-order valence-electron chi connectivity index (χ3n) is 3.98. The fourth-order valence-corrected chi connectivity index (χ4v) is 3.00. The smallest absolute Gasteiger partial charge is 0.305 e. The van der Waals surface area contributed by atoms with Crippen LogP contribution in [-0.4, -0.2) is 41.1 Å². The number of carbonyl (C=O) groups excluding carboxylic acids is 1. The number of nitrogens with zero attached hydrogens (tertiary/aromatic N) is 1. The normalized spacial score (nSPS) is 20.6. The first-order valence-electron chi connectivity index (χ1n) is 6.93. The van der Waals surface area contributed by atoms with Crippen molar-refractivity contribution in [1.82, 2.24) is 4.90 Å². The van der Waals surface area contributed by atoms with Crippen LogP contribution < -0.4 is 4.74 Å². The molecule has 3 rings (SSSR count). The summed E-state index contributed by atoms with van der Waals surface area (Å²) in [5, 5.41) is 8.92. The summed E-state index contributed by atoms with van der Waals surface area (Å²) in [6, 6.07) is 5.30. The molecule has 5 heteroatoms. The Bertz CT molecular complexity index is 555. The summed E-state index contributed by atoms with van der Waals surface area (Å²) < 4.78 is 5.43. The fourth-order valence-electron chi connectivity index (χ4n) is 3.00. The quantitative estimate of drug-likeness (QED) is 0.911. The van der Waals surface area contributed by atoms with Crippen molar-refractivity contribution >= 4 is 11.9 Å². The third kappa shape index (κ3) is 2.35. The van der Waals surface area contributed by atoms with E-state index in [2.05, 4.69) is 0 Å². The van der Waals surface area contributed by atoms with E-state index >= 15 is 0 Å². The number of amides is 1. The first kappa shape index (κ1) is 13.0. The van der Waals surface area contributed by atoms with Gasteiger partial charge in [-0.2, -0.15) is 0 Å². The van der Waals surface area contributed by atoms with Gasteiger partial charge in [-0.15, -0.1) is 0 Å². The van der Waals surface area contributed by atoms with Crippen molar-refractivity contribution in [3.05, 3.63) is 29.3 Å². The van der Waals surface area contributed by atoms with Gasteiger partial charge in [-0.05, 0) is 36.6 Å². The van der Waals surface area contributed by atoms with E-state index in [1.807, 2.05) is 12.1 Å². The third-order valence-corrected chi connectivity index (χ3v) is 3.98. The summed E-state index contributed by atoms with van der Waals surface area (Å²) in [5.74, 6) is -0.0643. The Hall–Kier alpha value is -2.04. The number of likely N-dealkylation sites (tertiary alicyclic amines) is 1. The maximum absolute atomic E-state index is 12.5. The van der Waals surface area contributed by atoms with Crippen LogP contribution in [0, 0.1) is 0 Å². The number of ether oxygens (including phenoxy) is 1. The topological polar surface area (TPSA) is 66.8 Å². The van der Waals surface area contributed by atoms with Crippen LogP contribution in [0.2, 0.25) is 0 Å².